The number of carbonyl (C=O) groups excluding carboxylic acids is 1. The summed E-state index contributed by atoms with van der Waals surface area (Å²) in [5, 5.41) is 9.39. The lowest BCUT2D eigenvalue weighted by molar-refractivity contribution is 0.0289. The highest BCUT2D eigenvalue weighted by Crippen LogP contribution is 2.41. The molecule has 2 aliphatic rings. The van der Waals surface area contributed by atoms with Crippen LogP contribution in [0.4, 0.5) is 10.7 Å². The molecule has 3 aromatic heterocycles. The number of H-pyrrole nitrogens is 1. The topological polar surface area (TPSA) is 109 Å². The molecule has 10 nitrogen and oxygen atoms in total. The van der Waals surface area contributed by atoms with E-state index >= 15 is 0 Å². The molecule has 1 aromatic carbocycles. The van der Waals surface area contributed by atoms with Gasteiger partial charge in [0.15, 0.2) is 0 Å². The summed E-state index contributed by atoms with van der Waals surface area (Å²) in [5.41, 5.74) is 3.14. The van der Waals surface area contributed by atoms with Gasteiger partial charge in [0.25, 0.3) is 0 Å². The van der Waals surface area contributed by atoms with Crippen molar-refractivity contribution in [3.05, 3.63) is 58.6 Å². The number of benzene rings is 1. The van der Waals surface area contributed by atoms with Crippen LogP contribution in [0.15, 0.2) is 43.0 Å². The summed E-state index contributed by atoms with van der Waals surface area (Å²) in [6.07, 6.45) is 8.02. The zero-order valence-corrected chi connectivity index (χ0v) is 24.6. The van der Waals surface area contributed by atoms with Gasteiger partial charge in [-0.3, -0.25) is 10.1 Å². The molecule has 1 unspecified atom stereocenters. The Balaban J connectivity index is 1.14. The number of ether oxygens (including phenoxy) is 2. The summed E-state index contributed by atoms with van der Waals surface area (Å²) in [4.78, 5) is 29.8. The normalized spacial score (nSPS) is 17.1. The number of pyridine rings is 1. The number of nitrogens with zero attached hydrogens (tertiary/aromatic N) is 6. The molecule has 5 heterocycles. The highest BCUT2D eigenvalue weighted by molar-refractivity contribution is 6.35. The van der Waals surface area contributed by atoms with Gasteiger partial charge in [-0.05, 0) is 51.8 Å². The molecule has 0 aliphatic carbocycles. The van der Waals surface area contributed by atoms with Gasteiger partial charge in [0.05, 0.1) is 21.7 Å². The Morgan fingerprint density at radius 3 is 2.49 bits per heavy atom. The average molecular weight is 597 g/mol. The van der Waals surface area contributed by atoms with Gasteiger partial charge in [-0.15, -0.1) is 0 Å². The van der Waals surface area contributed by atoms with E-state index in [1.54, 1.807) is 24.8 Å². The number of anilines is 1. The van der Waals surface area contributed by atoms with Crippen molar-refractivity contribution < 1.29 is 14.3 Å². The van der Waals surface area contributed by atoms with Crippen LogP contribution >= 0.6 is 23.2 Å². The molecule has 4 aromatic rings. The molecule has 1 amide bonds. The average Bonchev–Trinajstić information content (AvgIpc) is 3.35. The summed E-state index contributed by atoms with van der Waals surface area (Å²) in [5.74, 6) is 1.32. The third-order valence-electron chi connectivity index (χ3n) is 7.65. The fraction of sp³-hybridized carbons (Fsp3) is 0.414. The number of amides is 1. The van der Waals surface area contributed by atoms with E-state index in [4.69, 9.17) is 32.7 Å². The van der Waals surface area contributed by atoms with Crippen LogP contribution in [0.5, 0.6) is 5.75 Å². The van der Waals surface area contributed by atoms with Crippen LogP contribution in [0.2, 0.25) is 10.0 Å². The molecule has 2 aliphatic heterocycles. The van der Waals surface area contributed by atoms with Gasteiger partial charge in [-0.2, -0.15) is 5.10 Å². The molecule has 2 saturated heterocycles. The number of fused-ring (bicyclic) bond motifs is 1. The van der Waals surface area contributed by atoms with E-state index in [1.165, 1.54) is 0 Å². The molecule has 0 bridgehead atoms. The maximum absolute atomic E-state index is 12.4. The van der Waals surface area contributed by atoms with Gasteiger partial charge >= 0.3 is 6.09 Å². The van der Waals surface area contributed by atoms with E-state index < -0.39 is 0 Å². The van der Waals surface area contributed by atoms with Crippen LogP contribution in [-0.4, -0.2) is 68.4 Å². The lowest BCUT2D eigenvalue weighted by atomic mass is 9.73. The van der Waals surface area contributed by atoms with Gasteiger partial charge in [0.2, 0.25) is 5.95 Å². The number of carbonyl (C=O) groups is 1. The van der Waals surface area contributed by atoms with Crippen molar-refractivity contribution in [3.8, 4) is 17.0 Å². The quantitative estimate of drug-likeness (QED) is 0.276. The largest absolute Gasteiger partial charge is 0.486 e. The molecular formula is C29H31Cl2N7O3. The molecule has 1 atom stereocenters. The monoisotopic (exact) mass is 595 g/mol. The second-order valence-corrected chi connectivity index (χ2v) is 12.0. The van der Waals surface area contributed by atoms with Crippen molar-refractivity contribution in [1.82, 2.24) is 30.0 Å². The highest BCUT2D eigenvalue weighted by Gasteiger charge is 2.47. The van der Waals surface area contributed by atoms with Gasteiger partial charge in [0, 0.05) is 72.9 Å². The van der Waals surface area contributed by atoms with E-state index in [1.807, 2.05) is 43.9 Å². The van der Waals surface area contributed by atoms with E-state index in [2.05, 4.69) is 30.0 Å². The summed E-state index contributed by atoms with van der Waals surface area (Å²) < 4.78 is 11.6. The van der Waals surface area contributed by atoms with E-state index in [9.17, 15) is 4.79 Å². The van der Waals surface area contributed by atoms with Gasteiger partial charge in [-0.25, -0.2) is 14.8 Å². The van der Waals surface area contributed by atoms with Crippen molar-refractivity contribution >= 4 is 46.1 Å². The van der Waals surface area contributed by atoms with Crippen molar-refractivity contribution in [2.75, 3.05) is 31.1 Å². The van der Waals surface area contributed by atoms with Crippen molar-refractivity contribution in [2.45, 2.75) is 45.8 Å². The minimum Gasteiger partial charge on any atom is -0.486 e. The lowest BCUT2D eigenvalue weighted by Crippen LogP contribution is -2.64. The Morgan fingerprint density at radius 1 is 1.05 bits per heavy atom. The Kier molecular flexibility index (Phi) is 7.37. The lowest BCUT2D eigenvalue weighted by Gasteiger charge is -2.54. The van der Waals surface area contributed by atoms with Crippen molar-refractivity contribution in [1.29, 1.82) is 0 Å². The van der Waals surface area contributed by atoms with Crippen molar-refractivity contribution in [2.24, 2.45) is 5.41 Å². The summed E-state index contributed by atoms with van der Waals surface area (Å²) in [6, 6.07) is 5.72. The van der Waals surface area contributed by atoms with Gasteiger partial charge in [0.1, 0.15) is 17.5 Å². The number of hydrogen-bond acceptors (Lipinski definition) is 8. The molecule has 214 valence electrons. The maximum atomic E-state index is 12.4. The van der Waals surface area contributed by atoms with E-state index in [-0.39, 0.29) is 23.7 Å². The molecule has 41 heavy (non-hydrogen) atoms. The smallest absolute Gasteiger partial charge is 0.410 e. The number of hydrogen-bond donors (Lipinski definition) is 1. The summed E-state index contributed by atoms with van der Waals surface area (Å²) in [6.45, 7) is 8.71. The Morgan fingerprint density at radius 2 is 1.78 bits per heavy atom. The maximum Gasteiger partial charge on any atom is 0.410 e. The number of nitrogens with one attached hydrogen (secondary N) is 1. The first-order chi connectivity index (χ1) is 19.7. The zero-order chi connectivity index (χ0) is 28.7. The predicted molar refractivity (Wildman–Crippen MR) is 157 cm³/mol. The number of halogens is 2. The molecule has 12 heteroatoms. The molecule has 0 saturated carbocycles. The molecular weight excluding hydrogens is 565 g/mol. The Bertz CT molecular complexity index is 1550. The number of likely N-dealkylation sites (tertiary alicyclic amines) is 1. The summed E-state index contributed by atoms with van der Waals surface area (Å²) >= 11 is 12.6. The first-order valence-electron chi connectivity index (χ1n) is 13.7. The SMILES string of the molecule is CC(C)OC(=O)N1CCCC2(C1)CN(c1ncc(-c3n[nH]c4ccc(OC(C)c5c(Cl)cncc5Cl)cc34)cn1)C2. The first-order valence-corrected chi connectivity index (χ1v) is 14.4. The Hall–Kier alpha value is -3.63. The predicted octanol–water partition coefficient (Wildman–Crippen LogP) is 6.31. The standard InChI is InChI=1S/C29H31Cl2N7O3/c1-17(2)40-28(39)37-8-4-7-29(14-37)15-38(16-29)27-33-10-19(11-34-27)26-21-9-20(5-6-24(21)35-36-26)41-18(3)25-22(30)12-32-13-23(25)31/h5-6,9-13,17-18H,4,7-8,14-16H2,1-3H3,(H,35,36). The molecule has 2 fully saturated rings. The number of aromatic nitrogens is 5. The second kappa shape index (κ2) is 11.0. The summed E-state index contributed by atoms with van der Waals surface area (Å²) in [7, 11) is 0. The highest BCUT2D eigenvalue weighted by atomic mass is 35.5. The van der Waals surface area contributed by atoms with Crippen LogP contribution in [0.25, 0.3) is 22.2 Å². The van der Waals surface area contributed by atoms with Crippen LogP contribution in [-0.2, 0) is 4.74 Å². The van der Waals surface area contributed by atoms with Gasteiger partial charge < -0.3 is 19.3 Å². The Labute approximate surface area is 248 Å². The van der Waals surface area contributed by atoms with Crippen molar-refractivity contribution in [3.63, 3.8) is 0 Å². The van der Waals surface area contributed by atoms with Crippen LogP contribution < -0.4 is 9.64 Å². The van der Waals surface area contributed by atoms with Crippen LogP contribution in [0.3, 0.4) is 0 Å². The molecule has 6 rings (SSSR count). The fourth-order valence-electron chi connectivity index (χ4n) is 5.77. The molecule has 0 radical (unpaired) electrons. The van der Waals surface area contributed by atoms with E-state index in [0.29, 0.717) is 33.9 Å². The minimum atomic E-state index is -0.384. The number of rotatable bonds is 6. The van der Waals surface area contributed by atoms with Crippen LogP contribution in [0, 0.1) is 5.41 Å². The van der Waals surface area contributed by atoms with Gasteiger partial charge in [-0.1, -0.05) is 23.2 Å². The molecule has 1 N–H and O–H groups in total. The first kappa shape index (κ1) is 27.5. The second-order valence-electron chi connectivity index (χ2n) is 11.1. The zero-order valence-electron chi connectivity index (χ0n) is 23.1. The van der Waals surface area contributed by atoms with Crippen LogP contribution in [0.1, 0.15) is 45.3 Å². The number of piperidine rings is 1. The fourth-order valence-corrected chi connectivity index (χ4v) is 6.44. The molecule has 1 spiro atoms. The van der Waals surface area contributed by atoms with E-state index in [0.717, 1.165) is 54.6 Å². The third kappa shape index (κ3) is 5.50. The minimum absolute atomic E-state index is 0.0624. The third-order valence-corrected chi connectivity index (χ3v) is 8.25. The number of aromatic amines is 1.